The average Bonchev–Trinajstić information content (AvgIpc) is 2.38. The van der Waals surface area contributed by atoms with Crippen molar-refractivity contribution >= 4 is 15.9 Å². The Bertz CT molecular complexity index is 511. The zero-order valence-electron chi connectivity index (χ0n) is 10.1. The largest absolute Gasteiger partial charge is 0.473 e. The molecule has 0 fully saturated rings. The molecule has 1 aromatic heterocycles. The lowest BCUT2D eigenvalue weighted by Crippen LogP contribution is -2.09. The summed E-state index contributed by atoms with van der Waals surface area (Å²) in [5.74, 6) is 0.607. The summed E-state index contributed by atoms with van der Waals surface area (Å²) < 4.78 is 6.77. The van der Waals surface area contributed by atoms with Gasteiger partial charge in [-0.1, -0.05) is 34.1 Å². The highest BCUT2D eigenvalue weighted by Crippen LogP contribution is 2.21. The topological polar surface area (TPSA) is 48.1 Å². The molecule has 0 radical (unpaired) electrons. The van der Waals surface area contributed by atoms with Crippen LogP contribution in [0.1, 0.15) is 24.1 Å². The molecule has 0 spiro atoms. The molecule has 0 aliphatic heterocycles. The van der Waals surface area contributed by atoms with E-state index in [1.807, 2.05) is 43.3 Å². The number of hydrogen-bond acceptors (Lipinski definition) is 3. The molecule has 3 nitrogen and oxygen atoms in total. The third-order valence-corrected chi connectivity index (χ3v) is 3.11. The van der Waals surface area contributed by atoms with Gasteiger partial charge in [0.2, 0.25) is 5.88 Å². The second-order valence-corrected chi connectivity index (χ2v) is 5.02. The number of benzene rings is 1. The SMILES string of the molecule is C[C@H](N)c1cccnc1OCc1ccc(Br)cc1. The molecule has 0 aliphatic rings. The number of pyridine rings is 1. The van der Waals surface area contributed by atoms with Crippen LogP contribution >= 0.6 is 15.9 Å². The maximum absolute atomic E-state index is 5.88. The third-order valence-electron chi connectivity index (χ3n) is 2.58. The highest BCUT2D eigenvalue weighted by atomic mass is 79.9. The first kappa shape index (κ1) is 13.1. The first-order chi connectivity index (χ1) is 8.66. The van der Waals surface area contributed by atoms with Crippen molar-refractivity contribution in [3.8, 4) is 5.88 Å². The molecule has 1 heterocycles. The van der Waals surface area contributed by atoms with Crippen LogP contribution in [0, 0.1) is 0 Å². The van der Waals surface area contributed by atoms with E-state index >= 15 is 0 Å². The van der Waals surface area contributed by atoms with Gasteiger partial charge in [-0.15, -0.1) is 0 Å². The predicted octanol–water partition coefficient (Wildman–Crippen LogP) is 3.44. The number of nitrogens with zero attached hydrogens (tertiary/aromatic N) is 1. The van der Waals surface area contributed by atoms with E-state index in [2.05, 4.69) is 20.9 Å². The Kier molecular flexibility index (Phi) is 4.33. The molecule has 1 aromatic carbocycles. The summed E-state index contributed by atoms with van der Waals surface area (Å²) >= 11 is 3.40. The van der Waals surface area contributed by atoms with Gasteiger partial charge in [-0.3, -0.25) is 0 Å². The van der Waals surface area contributed by atoms with E-state index in [0.29, 0.717) is 12.5 Å². The molecule has 0 bridgehead atoms. The first-order valence-corrected chi connectivity index (χ1v) is 6.54. The van der Waals surface area contributed by atoms with Crippen LogP contribution in [0.5, 0.6) is 5.88 Å². The number of rotatable bonds is 4. The smallest absolute Gasteiger partial charge is 0.218 e. The van der Waals surface area contributed by atoms with E-state index in [0.717, 1.165) is 15.6 Å². The Morgan fingerprint density at radius 3 is 2.67 bits per heavy atom. The lowest BCUT2D eigenvalue weighted by molar-refractivity contribution is 0.289. The van der Waals surface area contributed by atoms with Crippen LogP contribution in [0.2, 0.25) is 0 Å². The molecule has 0 amide bonds. The van der Waals surface area contributed by atoms with Gasteiger partial charge in [0.15, 0.2) is 0 Å². The standard InChI is InChI=1S/C14H15BrN2O/c1-10(16)13-3-2-8-17-14(13)18-9-11-4-6-12(15)7-5-11/h2-8,10H,9,16H2,1H3/t10-/m0/s1. The zero-order chi connectivity index (χ0) is 13.0. The van der Waals surface area contributed by atoms with E-state index in [-0.39, 0.29) is 6.04 Å². The highest BCUT2D eigenvalue weighted by Gasteiger charge is 2.08. The lowest BCUT2D eigenvalue weighted by atomic mass is 10.1. The fourth-order valence-electron chi connectivity index (χ4n) is 1.60. The maximum Gasteiger partial charge on any atom is 0.218 e. The Morgan fingerprint density at radius 1 is 1.28 bits per heavy atom. The summed E-state index contributed by atoms with van der Waals surface area (Å²) in [5.41, 5.74) is 7.90. The van der Waals surface area contributed by atoms with Crippen molar-refractivity contribution < 1.29 is 4.74 Å². The summed E-state index contributed by atoms with van der Waals surface area (Å²) in [4.78, 5) is 4.22. The van der Waals surface area contributed by atoms with Crippen LogP contribution in [0.15, 0.2) is 47.1 Å². The number of ether oxygens (including phenoxy) is 1. The molecule has 18 heavy (non-hydrogen) atoms. The van der Waals surface area contributed by atoms with Gasteiger partial charge in [-0.05, 0) is 30.7 Å². The molecule has 94 valence electrons. The van der Waals surface area contributed by atoms with Crippen molar-refractivity contribution in [1.29, 1.82) is 0 Å². The normalized spacial score (nSPS) is 12.2. The monoisotopic (exact) mass is 306 g/mol. The molecule has 0 unspecified atom stereocenters. The highest BCUT2D eigenvalue weighted by molar-refractivity contribution is 9.10. The summed E-state index contributed by atoms with van der Waals surface area (Å²) in [7, 11) is 0. The van der Waals surface area contributed by atoms with Crippen LogP contribution in [0.4, 0.5) is 0 Å². The molecule has 0 aliphatic carbocycles. The fraction of sp³-hybridized carbons (Fsp3) is 0.214. The summed E-state index contributed by atoms with van der Waals surface area (Å²) in [6.45, 7) is 2.41. The Labute approximate surface area is 115 Å². The number of hydrogen-bond donors (Lipinski definition) is 1. The Hall–Kier alpha value is -1.39. The second-order valence-electron chi connectivity index (χ2n) is 4.10. The zero-order valence-corrected chi connectivity index (χ0v) is 11.7. The van der Waals surface area contributed by atoms with Crippen molar-refractivity contribution in [2.24, 2.45) is 5.73 Å². The third kappa shape index (κ3) is 3.31. The van der Waals surface area contributed by atoms with Crippen LogP contribution in [0.25, 0.3) is 0 Å². The summed E-state index contributed by atoms with van der Waals surface area (Å²) in [6, 6.07) is 11.7. The minimum atomic E-state index is -0.0846. The Balaban J connectivity index is 2.08. The molecule has 2 aromatic rings. The van der Waals surface area contributed by atoms with Gasteiger partial charge in [0.25, 0.3) is 0 Å². The molecule has 2 N–H and O–H groups in total. The van der Waals surface area contributed by atoms with Crippen LogP contribution in [-0.2, 0) is 6.61 Å². The van der Waals surface area contributed by atoms with Gasteiger partial charge in [-0.25, -0.2) is 4.98 Å². The Morgan fingerprint density at radius 2 is 2.00 bits per heavy atom. The van der Waals surface area contributed by atoms with Crippen molar-refractivity contribution in [2.45, 2.75) is 19.6 Å². The van der Waals surface area contributed by atoms with Gasteiger partial charge < -0.3 is 10.5 Å². The van der Waals surface area contributed by atoms with E-state index in [1.54, 1.807) is 6.20 Å². The van der Waals surface area contributed by atoms with Gasteiger partial charge in [0, 0.05) is 22.3 Å². The molecule has 4 heteroatoms. The number of nitrogens with two attached hydrogens (primary N) is 1. The van der Waals surface area contributed by atoms with Crippen LogP contribution in [-0.4, -0.2) is 4.98 Å². The van der Waals surface area contributed by atoms with Crippen molar-refractivity contribution in [1.82, 2.24) is 4.98 Å². The maximum atomic E-state index is 5.88. The van der Waals surface area contributed by atoms with Crippen molar-refractivity contribution in [2.75, 3.05) is 0 Å². The van der Waals surface area contributed by atoms with Gasteiger partial charge >= 0.3 is 0 Å². The van der Waals surface area contributed by atoms with Crippen LogP contribution in [0.3, 0.4) is 0 Å². The quantitative estimate of drug-likeness (QED) is 0.941. The predicted molar refractivity (Wildman–Crippen MR) is 75.3 cm³/mol. The van der Waals surface area contributed by atoms with Crippen molar-refractivity contribution in [3.05, 3.63) is 58.2 Å². The molecule has 0 saturated heterocycles. The van der Waals surface area contributed by atoms with E-state index in [1.165, 1.54) is 0 Å². The molecule has 2 rings (SSSR count). The number of aromatic nitrogens is 1. The number of halogens is 1. The minimum absolute atomic E-state index is 0.0846. The fourth-order valence-corrected chi connectivity index (χ4v) is 1.87. The first-order valence-electron chi connectivity index (χ1n) is 5.74. The molecular formula is C14H15BrN2O. The summed E-state index contributed by atoms with van der Waals surface area (Å²) in [6.07, 6.45) is 1.71. The van der Waals surface area contributed by atoms with E-state index < -0.39 is 0 Å². The second kappa shape index (κ2) is 5.98. The van der Waals surface area contributed by atoms with E-state index in [4.69, 9.17) is 10.5 Å². The molecular weight excluding hydrogens is 292 g/mol. The van der Waals surface area contributed by atoms with Gasteiger partial charge in [0.1, 0.15) is 6.61 Å². The molecule has 0 saturated carbocycles. The lowest BCUT2D eigenvalue weighted by Gasteiger charge is -2.12. The van der Waals surface area contributed by atoms with Crippen molar-refractivity contribution in [3.63, 3.8) is 0 Å². The van der Waals surface area contributed by atoms with Crippen LogP contribution < -0.4 is 10.5 Å². The van der Waals surface area contributed by atoms with E-state index in [9.17, 15) is 0 Å². The van der Waals surface area contributed by atoms with Gasteiger partial charge in [-0.2, -0.15) is 0 Å². The van der Waals surface area contributed by atoms with Gasteiger partial charge in [0.05, 0.1) is 0 Å². The molecule has 1 atom stereocenters. The summed E-state index contributed by atoms with van der Waals surface area (Å²) in [5, 5.41) is 0. The average molecular weight is 307 g/mol. The minimum Gasteiger partial charge on any atom is -0.473 e.